The predicted octanol–water partition coefficient (Wildman–Crippen LogP) is 1.13. The molecule has 0 saturated heterocycles. The Morgan fingerprint density at radius 3 is 2.55 bits per heavy atom. The molecular formula is C8H14N2O. The molecule has 1 rings (SSSR count). The van der Waals surface area contributed by atoms with Crippen LogP contribution in [0.2, 0.25) is 0 Å². The molecular weight excluding hydrogens is 140 g/mol. The Morgan fingerprint density at radius 1 is 1.55 bits per heavy atom. The molecule has 0 radical (unpaired) electrons. The minimum Gasteiger partial charge on any atom is -0.391 e. The lowest BCUT2D eigenvalue weighted by molar-refractivity contribution is 0.132. The smallest absolute Gasteiger partial charge is 0.0747 e. The molecule has 0 aliphatic carbocycles. The van der Waals surface area contributed by atoms with Crippen molar-refractivity contribution in [2.75, 3.05) is 0 Å². The number of nitrogens with zero attached hydrogens (tertiary/aromatic N) is 2. The summed E-state index contributed by atoms with van der Waals surface area (Å²) >= 11 is 0. The second-order valence-electron chi connectivity index (χ2n) is 2.98. The van der Waals surface area contributed by atoms with Gasteiger partial charge >= 0.3 is 0 Å². The van der Waals surface area contributed by atoms with E-state index in [1.54, 1.807) is 17.8 Å². The zero-order valence-electron chi connectivity index (χ0n) is 7.15. The Hall–Kier alpha value is -0.830. The van der Waals surface area contributed by atoms with Crippen molar-refractivity contribution in [3.63, 3.8) is 0 Å². The summed E-state index contributed by atoms with van der Waals surface area (Å²) in [7, 11) is 0. The van der Waals surface area contributed by atoms with E-state index in [1.165, 1.54) is 0 Å². The molecule has 0 aliphatic heterocycles. The van der Waals surface area contributed by atoms with Crippen molar-refractivity contribution in [3.8, 4) is 0 Å². The number of hydrogen-bond acceptors (Lipinski definition) is 2. The van der Waals surface area contributed by atoms with Crippen LogP contribution in [0.4, 0.5) is 0 Å². The van der Waals surface area contributed by atoms with Crippen LogP contribution in [0, 0.1) is 6.92 Å². The highest BCUT2D eigenvalue weighted by Crippen LogP contribution is 2.09. The largest absolute Gasteiger partial charge is 0.391 e. The van der Waals surface area contributed by atoms with Crippen molar-refractivity contribution >= 4 is 0 Å². The van der Waals surface area contributed by atoms with Crippen molar-refractivity contribution in [2.45, 2.75) is 32.9 Å². The van der Waals surface area contributed by atoms with Gasteiger partial charge in [0.05, 0.1) is 18.3 Å². The first-order chi connectivity index (χ1) is 5.11. The van der Waals surface area contributed by atoms with Crippen LogP contribution in [0.3, 0.4) is 0 Å². The van der Waals surface area contributed by atoms with Gasteiger partial charge in [-0.05, 0) is 26.3 Å². The predicted molar refractivity (Wildman–Crippen MR) is 43.4 cm³/mol. The third-order valence-electron chi connectivity index (χ3n) is 1.85. The molecule has 0 amide bonds. The summed E-state index contributed by atoms with van der Waals surface area (Å²) in [6.07, 6.45) is 3.37. The van der Waals surface area contributed by atoms with Crippen molar-refractivity contribution in [1.29, 1.82) is 0 Å². The maximum absolute atomic E-state index is 9.22. The zero-order valence-corrected chi connectivity index (χ0v) is 7.15. The first-order valence-corrected chi connectivity index (χ1v) is 3.80. The summed E-state index contributed by atoms with van der Waals surface area (Å²) in [6, 6.07) is 0.0590. The van der Waals surface area contributed by atoms with Gasteiger partial charge in [-0.1, -0.05) is 0 Å². The second kappa shape index (κ2) is 3.05. The molecule has 1 heterocycles. The lowest BCUT2D eigenvalue weighted by atomic mass is 10.2. The lowest BCUT2D eigenvalue weighted by Crippen LogP contribution is -2.18. The Morgan fingerprint density at radius 2 is 2.18 bits per heavy atom. The van der Waals surface area contributed by atoms with Gasteiger partial charge < -0.3 is 5.11 Å². The molecule has 3 nitrogen and oxygen atoms in total. The molecule has 0 bridgehead atoms. The van der Waals surface area contributed by atoms with Gasteiger partial charge in [0.25, 0.3) is 0 Å². The molecule has 2 atom stereocenters. The SMILES string of the molecule is Cc1cnn(C(C)C(C)O)c1. The van der Waals surface area contributed by atoms with Gasteiger partial charge in [0.2, 0.25) is 0 Å². The normalized spacial score (nSPS) is 16.4. The van der Waals surface area contributed by atoms with Crippen LogP contribution < -0.4 is 0 Å². The molecule has 0 aliphatic rings. The second-order valence-corrected chi connectivity index (χ2v) is 2.98. The average molecular weight is 154 g/mol. The summed E-state index contributed by atoms with van der Waals surface area (Å²) in [4.78, 5) is 0. The molecule has 0 saturated carbocycles. The van der Waals surface area contributed by atoms with E-state index in [4.69, 9.17) is 0 Å². The zero-order chi connectivity index (χ0) is 8.43. The fourth-order valence-corrected chi connectivity index (χ4v) is 0.877. The van der Waals surface area contributed by atoms with Crippen molar-refractivity contribution in [1.82, 2.24) is 9.78 Å². The minimum absolute atomic E-state index is 0.0590. The quantitative estimate of drug-likeness (QED) is 0.693. The maximum atomic E-state index is 9.22. The first-order valence-electron chi connectivity index (χ1n) is 3.80. The molecule has 1 N–H and O–H groups in total. The number of aliphatic hydroxyl groups is 1. The van der Waals surface area contributed by atoms with E-state index in [0.717, 1.165) is 5.56 Å². The first kappa shape index (κ1) is 8.27. The molecule has 3 heteroatoms. The van der Waals surface area contributed by atoms with Crippen molar-refractivity contribution in [2.24, 2.45) is 0 Å². The summed E-state index contributed by atoms with van der Waals surface area (Å²) in [5.74, 6) is 0. The van der Waals surface area contributed by atoms with E-state index in [9.17, 15) is 5.11 Å². The van der Waals surface area contributed by atoms with Gasteiger partial charge in [-0.2, -0.15) is 5.10 Å². The van der Waals surface area contributed by atoms with Gasteiger partial charge in [-0.15, -0.1) is 0 Å². The molecule has 1 aromatic heterocycles. The van der Waals surface area contributed by atoms with Crippen molar-refractivity contribution in [3.05, 3.63) is 18.0 Å². The van der Waals surface area contributed by atoms with E-state index in [0.29, 0.717) is 0 Å². The average Bonchev–Trinajstić information content (AvgIpc) is 2.34. The Bertz CT molecular complexity index is 230. The fraction of sp³-hybridized carbons (Fsp3) is 0.625. The Kier molecular flexibility index (Phi) is 2.29. The highest BCUT2D eigenvalue weighted by Gasteiger charge is 2.10. The molecule has 62 valence electrons. The molecule has 0 spiro atoms. The number of aliphatic hydroxyl groups excluding tert-OH is 1. The summed E-state index contributed by atoms with van der Waals surface area (Å²) in [5, 5.41) is 13.3. The fourth-order valence-electron chi connectivity index (χ4n) is 0.877. The van der Waals surface area contributed by atoms with E-state index >= 15 is 0 Å². The molecule has 11 heavy (non-hydrogen) atoms. The summed E-state index contributed by atoms with van der Waals surface area (Å²) in [6.45, 7) is 5.69. The van der Waals surface area contributed by atoms with Crippen LogP contribution in [0.25, 0.3) is 0 Å². The van der Waals surface area contributed by atoms with Crippen molar-refractivity contribution < 1.29 is 5.11 Å². The number of rotatable bonds is 2. The van der Waals surface area contributed by atoms with E-state index in [2.05, 4.69) is 5.10 Å². The molecule has 0 fully saturated rings. The summed E-state index contributed by atoms with van der Waals surface area (Å²) < 4.78 is 1.78. The van der Waals surface area contributed by atoms with Crippen LogP contribution in [-0.2, 0) is 0 Å². The standard InChI is InChI=1S/C8H14N2O/c1-6-4-9-10(5-6)7(2)8(3)11/h4-5,7-8,11H,1-3H3. The highest BCUT2D eigenvalue weighted by atomic mass is 16.3. The van der Waals surface area contributed by atoms with Crippen LogP contribution in [0.15, 0.2) is 12.4 Å². The monoisotopic (exact) mass is 154 g/mol. The van der Waals surface area contributed by atoms with Crippen LogP contribution in [-0.4, -0.2) is 21.0 Å². The van der Waals surface area contributed by atoms with E-state index < -0.39 is 0 Å². The van der Waals surface area contributed by atoms with Gasteiger partial charge in [0, 0.05) is 6.20 Å². The van der Waals surface area contributed by atoms with Gasteiger partial charge in [0.1, 0.15) is 0 Å². The van der Waals surface area contributed by atoms with E-state index in [1.807, 2.05) is 20.0 Å². The third kappa shape index (κ3) is 1.80. The Balaban J connectivity index is 2.76. The van der Waals surface area contributed by atoms with E-state index in [-0.39, 0.29) is 12.1 Å². The third-order valence-corrected chi connectivity index (χ3v) is 1.85. The number of aryl methyl sites for hydroxylation is 1. The van der Waals surface area contributed by atoms with Gasteiger partial charge in [-0.25, -0.2) is 0 Å². The number of aromatic nitrogens is 2. The topological polar surface area (TPSA) is 38.0 Å². The molecule has 0 aromatic carbocycles. The minimum atomic E-state index is -0.353. The molecule has 1 aromatic rings. The highest BCUT2D eigenvalue weighted by molar-refractivity contribution is 5.00. The maximum Gasteiger partial charge on any atom is 0.0747 e. The molecule has 2 unspecified atom stereocenters. The van der Waals surface area contributed by atoms with Crippen LogP contribution in [0.1, 0.15) is 25.5 Å². The summed E-state index contributed by atoms with van der Waals surface area (Å²) in [5.41, 5.74) is 1.12. The van der Waals surface area contributed by atoms with Crippen LogP contribution in [0.5, 0.6) is 0 Å². The Labute approximate surface area is 66.7 Å². The van der Waals surface area contributed by atoms with Gasteiger partial charge in [0.15, 0.2) is 0 Å². The van der Waals surface area contributed by atoms with Gasteiger partial charge in [-0.3, -0.25) is 4.68 Å². The lowest BCUT2D eigenvalue weighted by Gasteiger charge is -2.14. The number of hydrogen-bond donors (Lipinski definition) is 1. The van der Waals surface area contributed by atoms with Crippen LogP contribution >= 0.6 is 0 Å².